The fraction of sp³-hybridized carbons (Fsp3) is 0.688. The number of fused-ring (bicyclic) bond motifs is 1. The summed E-state index contributed by atoms with van der Waals surface area (Å²) in [5, 5.41) is 5.79. The van der Waals surface area contributed by atoms with Gasteiger partial charge in [-0.15, -0.1) is 11.3 Å². The molecule has 2 heterocycles. The van der Waals surface area contributed by atoms with Crippen LogP contribution in [0.25, 0.3) is 4.96 Å². The van der Waals surface area contributed by atoms with Gasteiger partial charge in [0.25, 0.3) is 0 Å². The molecule has 2 saturated carbocycles. The summed E-state index contributed by atoms with van der Waals surface area (Å²) >= 11 is 1.74. The molecule has 2 aliphatic rings. The van der Waals surface area contributed by atoms with Crippen LogP contribution in [0.2, 0.25) is 0 Å². The van der Waals surface area contributed by atoms with Crippen molar-refractivity contribution in [1.82, 2.24) is 14.7 Å². The molecule has 2 aliphatic carbocycles. The lowest BCUT2D eigenvalue weighted by Crippen LogP contribution is -2.33. The maximum absolute atomic E-state index is 4.92. The maximum atomic E-state index is 4.92. The number of thiazole rings is 1. The van der Waals surface area contributed by atoms with E-state index in [1.807, 2.05) is 0 Å². The Bertz CT molecular complexity index is 609. The predicted molar refractivity (Wildman–Crippen MR) is 88.2 cm³/mol. The number of hydrogen-bond donors (Lipinski definition) is 1. The molecule has 2 aromatic rings. The summed E-state index contributed by atoms with van der Waals surface area (Å²) < 4.78 is 2.28. The van der Waals surface area contributed by atoms with Crippen LogP contribution >= 0.6 is 11.3 Å². The van der Waals surface area contributed by atoms with Crippen molar-refractivity contribution in [3.05, 3.63) is 17.3 Å². The van der Waals surface area contributed by atoms with Crippen LogP contribution in [0.15, 0.2) is 11.6 Å². The lowest BCUT2D eigenvalue weighted by molar-refractivity contribution is 0.318. The normalized spacial score (nSPS) is 19.1. The minimum atomic E-state index is 0.740. The summed E-state index contributed by atoms with van der Waals surface area (Å²) in [7, 11) is 0. The van der Waals surface area contributed by atoms with Gasteiger partial charge in [0.2, 0.25) is 0 Å². The first kappa shape index (κ1) is 13.6. The molecule has 5 heteroatoms. The van der Waals surface area contributed by atoms with E-state index >= 15 is 0 Å². The Morgan fingerprint density at radius 2 is 2.24 bits per heavy atom. The number of aromatic nitrogens is 2. The fourth-order valence-electron chi connectivity index (χ4n) is 3.12. The minimum Gasteiger partial charge on any atom is -0.355 e. The fourth-order valence-corrected chi connectivity index (χ4v) is 3.85. The Balaban J connectivity index is 1.60. The molecule has 4 rings (SSSR count). The van der Waals surface area contributed by atoms with Gasteiger partial charge in [-0.1, -0.05) is 6.42 Å². The first-order valence-corrected chi connectivity index (χ1v) is 9.16. The van der Waals surface area contributed by atoms with Crippen LogP contribution in [0.1, 0.15) is 44.7 Å². The van der Waals surface area contributed by atoms with Crippen molar-refractivity contribution in [2.75, 3.05) is 18.0 Å². The van der Waals surface area contributed by atoms with Crippen molar-refractivity contribution in [2.45, 2.75) is 51.6 Å². The van der Waals surface area contributed by atoms with Gasteiger partial charge >= 0.3 is 0 Å². The molecule has 0 atom stereocenters. The second kappa shape index (κ2) is 5.61. The zero-order valence-electron chi connectivity index (χ0n) is 12.7. The molecule has 1 N–H and O–H groups in total. The van der Waals surface area contributed by atoms with Crippen molar-refractivity contribution in [1.29, 1.82) is 0 Å². The lowest BCUT2D eigenvalue weighted by Gasteiger charge is -2.32. The summed E-state index contributed by atoms with van der Waals surface area (Å²) in [5.74, 6) is 2.10. The van der Waals surface area contributed by atoms with Crippen molar-refractivity contribution in [2.24, 2.45) is 5.92 Å². The Hall–Kier alpha value is -1.07. The third-order valence-electron chi connectivity index (χ3n) is 4.86. The van der Waals surface area contributed by atoms with Crippen LogP contribution in [0.5, 0.6) is 0 Å². The molecule has 114 valence electrons. The van der Waals surface area contributed by atoms with Gasteiger partial charge in [0.05, 0.1) is 5.69 Å². The first-order valence-electron chi connectivity index (χ1n) is 8.28. The minimum absolute atomic E-state index is 0.740. The zero-order valence-corrected chi connectivity index (χ0v) is 13.5. The van der Waals surface area contributed by atoms with E-state index in [0.717, 1.165) is 30.0 Å². The molecule has 0 aliphatic heterocycles. The van der Waals surface area contributed by atoms with E-state index in [1.54, 1.807) is 11.3 Å². The molecule has 0 bridgehead atoms. The van der Waals surface area contributed by atoms with E-state index in [4.69, 9.17) is 4.98 Å². The van der Waals surface area contributed by atoms with E-state index in [2.05, 4.69) is 33.1 Å². The number of imidazole rings is 1. The first-order chi connectivity index (χ1) is 10.3. The van der Waals surface area contributed by atoms with Crippen molar-refractivity contribution in [3.8, 4) is 0 Å². The highest BCUT2D eigenvalue weighted by molar-refractivity contribution is 7.15. The topological polar surface area (TPSA) is 32.6 Å². The number of anilines is 1. The molecule has 4 nitrogen and oxygen atoms in total. The molecule has 0 amide bonds. The second-order valence-electron chi connectivity index (χ2n) is 6.43. The summed E-state index contributed by atoms with van der Waals surface area (Å²) in [6.07, 6.45) is 9.04. The monoisotopic (exact) mass is 304 g/mol. The van der Waals surface area contributed by atoms with E-state index in [-0.39, 0.29) is 0 Å². The molecule has 0 saturated heterocycles. The molecule has 2 fully saturated rings. The molecule has 21 heavy (non-hydrogen) atoms. The van der Waals surface area contributed by atoms with Gasteiger partial charge in [-0.25, -0.2) is 4.98 Å². The summed E-state index contributed by atoms with van der Waals surface area (Å²) in [4.78, 5) is 8.54. The highest BCUT2D eigenvalue weighted by Crippen LogP contribution is 2.31. The van der Waals surface area contributed by atoms with Crippen LogP contribution < -0.4 is 10.2 Å². The van der Waals surface area contributed by atoms with Gasteiger partial charge in [-0.2, -0.15) is 0 Å². The highest BCUT2D eigenvalue weighted by Gasteiger charge is 2.26. The van der Waals surface area contributed by atoms with Gasteiger partial charge in [0.15, 0.2) is 10.8 Å². The molecular formula is C16H24N4S. The van der Waals surface area contributed by atoms with Crippen LogP contribution in [0.4, 0.5) is 5.82 Å². The van der Waals surface area contributed by atoms with Gasteiger partial charge in [0, 0.05) is 37.3 Å². The highest BCUT2D eigenvalue weighted by atomic mass is 32.1. The van der Waals surface area contributed by atoms with E-state index in [9.17, 15) is 0 Å². The van der Waals surface area contributed by atoms with Crippen LogP contribution in [0.3, 0.4) is 0 Å². The van der Waals surface area contributed by atoms with Gasteiger partial charge in [0.1, 0.15) is 0 Å². The average molecular weight is 304 g/mol. The SMILES string of the molecule is CCN(CC1CCC1)c1nc2sccn2c1CNC1CC1. The molecule has 2 aromatic heterocycles. The van der Waals surface area contributed by atoms with Crippen LogP contribution in [-0.2, 0) is 6.54 Å². The molecule has 0 radical (unpaired) electrons. The second-order valence-corrected chi connectivity index (χ2v) is 7.30. The largest absolute Gasteiger partial charge is 0.355 e. The standard InChI is InChI=1S/C16H24N4S/c1-2-19(11-12-4-3-5-12)15-14(10-17-13-6-7-13)20-8-9-21-16(20)18-15/h8-9,12-13,17H,2-7,10-11H2,1H3. The number of nitrogens with zero attached hydrogens (tertiary/aromatic N) is 3. The van der Waals surface area contributed by atoms with Gasteiger partial charge in [-0.3, -0.25) is 4.40 Å². The van der Waals surface area contributed by atoms with Crippen LogP contribution in [0, 0.1) is 5.92 Å². The Labute approximate surface area is 130 Å². The Morgan fingerprint density at radius 3 is 2.90 bits per heavy atom. The van der Waals surface area contributed by atoms with Crippen molar-refractivity contribution >= 4 is 22.1 Å². The third kappa shape index (κ3) is 2.69. The van der Waals surface area contributed by atoms with E-state index in [0.29, 0.717) is 0 Å². The summed E-state index contributed by atoms with van der Waals surface area (Å²) in [6.45, 7) is 5.43. The quantitative estimate of drug-likeness (QED) is 0.852. The smallest absolute Gasteiger partial charge is 0.195 e. The summed E-state index contributed by atoms with van der Waals surface area (Å²) in [6, 6.07) is 0.740. The van der Waals surface area contributed by atoms with Crippen LogP contribution in [-0.4, -0.2) is 28.5 Å². The average Bonchev–Trinajstić information content (AvgIpc) is 3.04. The molecular weight excluding hydrogens is 280 g/mol. The van der Waals surface area contributed by atoms with E-state index < -0.39 is 0 Å². The lowest BCUT2D eigenvalue weighted by atomic mass is 9.85. The predicted octanol–water partition coefficient (Wildman–Crippen LogP) is 3.27. The summed E-state index contributed by atoms with van der Waals surface area (Å²) in [5.41, 5.74) is 1.35. The maximum Gasteiger partial charge on any atom is 0.195 e. The zero-order chi connectivity index (χ0) is 14.2. The van der Waals surface area contributed by atoms with Gasteiger partial charge in [-0.05, 0) is 38.5 Å². The Kier molecular flexibility index (Phi) is 3.63. The Morgan fingerprint density at radius 1 is 1.38 bits per heavy atom. The molecule has 0 spiro atoms. The molecule has 0 unspecified atom stereocenters. The number of nitrogens with one attached hydrogen (secondary N) is 1. The van der Waals surface area contributed by atoms with Crippen molar-refractivity contribution < 1.29 is 0 Å². The van der Waals surface area contributed by atoms with E-state index in [1.165, 1.54) is 50.2 Å². The number of hydrogen-bond acceptors (Lipinski definition) is 4. The van der Waals surface area contributed by atoms with Crippen molar-refractivity contribution in [3.63, 3.8) is 0 Å². The number of rotatable bonds is 7. The third-order valence-corrected chi connectivity index (χ3v) is 5.62. The van der Waals surface area contributed by atoms with Gasteiger partial charge < -0.3 is 10.2 Å². The molecule has 0 aromatic carbocycles.